The molecule has 244 valence electrons. The van der Waals surface area contributed by atoms with Crippen molar-refractivity contribution in [2.45, 2.75) is 35.4 Å². The van der Waals surface area contributed by atoms with Crippen molar-refractivity contribution in [2.75, 3.05) is 36.6 Å². The number of benzene rings is 3. The molecule has 1 N–H and O–H groups in total. The highest BCUT2D eigenvalue weighted by molar-refractivity contribution is 8.02. The molecule has 3 heterocycles. The zero-order chi connectivity index (χ0) is 33.3. The summed E-state index contributed by atoms with van der Waals surface area (Å²) in [6, 6.07) is 24.3. The fourth-order valence-corrected chi connectivity index (χ4v) is 10.4. The van der Waals surface area contributed by atoms with Crippen LogP contribution in [0.3, 0.4) is 0 Å². The number of likely N-dealkylation sites (tertiary alicyclic amines) is 1. The first-order valence-corrected chi connectivity index (χ1v) is 16.9. The molecule has 9 heteroatoms. The Balaban J connectivity index is 1.49. The largest absolute Gasteiger partial charge is 0.497 e. The average molecular weight is 652 g/mol. The third-order valence-corrected chi connectivity index (χ3v) is 12.1. The lowest BCUT2D eigenvalue weighted by Crippen LogP contribution is -2.58. The molecular weight excluding hydrogens is 611 g/mol. The predicted molar refractivity (Wildman–Crippen MR) is 186 cm³/mol. The Bertz CT molecular complexity index is 1630. The first kappa shape index (κ1) is 32.6. The van der Waals surface area contributed by atoms with Gasteiger partial charge >= 0.3 is 0 Å². The van der Waals surface area contributed by atoms with E-state index in [1.54, 1.807) is 57.9 Å². The van der Waals surface area contributed by atoms with Gasteiger partial charge in [0.05, 0.1) is 36.3 Å². The maximum absolute atomic E-state index is 15.2. The number of fused-ring (bicyclic) bond motifs is 1. The van der Waals surface area contributed by atoms with Crippen molar-refractivity contribution in [2.24, 2.45) is 17.8 Å². The molecule has 7 atom stereocenters. The number of carbonyl (C=O) groups is 3. The van der Waals surface area contributed by atoms with Gasteiger partial charge in [-0.2, -0.15) is 0 Å². The molecule has 1 spiro atoms. The van der Waals surface area contributed by atoms with Crippen LogP contribution in [0.25, 0.3) is 0 Å². The molecule has 3 fully saturated rings. The number of hydrogen-bond acceptors (Lipinski definition) is 6. The standard InChI is InChI=1S/C38H41N3O5S/c1-5-21-39(27-15-11-8-12-16-27)35(43)32-31-23-25(3)38(47-31)33(32)36(44)41(30(24-42)26-13-9-7-10-14-26)34(38)37(45)40(22-6-2)28-17-19-29(46-4)20-18-28/h5-20,25,30-34,42H,1-2,21-24H2,3-4H3/t25?,30-,31-,32+,33+,34?,38?/m1/s1. The van der Waals surface area contributed by atoms with Crippen LogP contribution < -0.4 is 14.5 Å². The smallest absolute Gasteiger partial charge is 0.251 e. The van der Waals surface area contributed by atoms with E-state index in [1.807, 2.05) is 72.8 Å². The topological polar surface area (TPSA) is 90.4 Å². The Kier molecular flexibility index (Phi) is 9.30. The van der Waals surface area contributed by atoms with E-state index in [4.69, 9.17) is 4.74 Å². The molecule has 3 aliphatic heterocycles. The van der Waals surface area contributed by atoms with Gasteiger partial charge in [0, 0.05) is 29.7 Å². The van der Waals surface area contributed by atoms with Crippen LogP contribution in [0.4, 0.5) is 11.4 Å². The number of anilines is 2. The summed E-state index contributed by atoms with van der Waals surface area (Å²) >= 11 is 1.62. The lowest BCUT2D eigenvalue weighted by atomic mass is 9.65. The minimum atomic E-state index is -0.938. The zero-order valence-electron chi connectivity index (χ0n) is 26.8. The number of hydrogen-bond donors (Lipinski definition) is 1. The third kappa shape index (κ3) is 5.35. The van der Waals surface area contributed by atoms with Crippen LogP contribution in [0.5, 0.6) is 5.75 Å². The molecule has 3 aliphatic rings. The molecule has 0 radical (unpaired) electrons. The predicted octanol–water partition coefficient (Wildman–Crippen LogP) is 5.50. The van der Waals surface area contributed by atoms with Crippen LogP contribution in [-0.4, -0.2) is 70.6 Å². The summed E-state index contributed by atoms with van der Waals surface area (Å²) in [6.45, 7) is 10.1. The summed E-state index contributed by atoms with van der Waals surface area (Å²) in [5, 5.41) is 10.8. The van der Waals surface area contributed by atoms with Crippen molar-refractivity contribution in [3.05, 3.63) is 116 Å². The number of methoxy groups -OCH3 is 1. The first-order valence-electron chi connectivity index (χ1n) is 16.0. The van der Waals surface area contributed by atoms with Gasteiger partial charge in [0.15, 0.2) is 0 Å². The molecule has 3 aromatic rings. The van der Waals surface area contributed by atoms with E-state index in [1.165, 1.54) is 0 Å². The van der Waals surface area contributed by atoms with Crippen molar-refractivity contribution in [3.8, 4) is 5.75 Å². The molecule has 47 heavy (non-hydrogen) atoms. The number of rotatable bonds is 12. The molecule has 8 nitrogen and oxygen atoms in total. The van der Waals surface area contributed by atoms with Gasteiger partial charge in [-0.15, -0.1) is 24.9 Å². The summed E-state index contributed by atoms with van der Waals surface area (Å²) in [4.78, 5) is 49.8. The summed E-state index contributed by atoms with van der Waals surface area (Å²) in [5.41, 5.74) is 2.10. The molecular formula is C38H41N3O5S. The number of thioether (sulfide) groups is 1. The molecule has 3 saturated heterocycles. The molecule has 6 rings (SSSR count). The number of carbonyl (C=O) groups excluding carboxylic acids is 3. The van der Waals surface area contributed by atoms with Gasteiger partial charge in [-0.05, 0) is 54.3 Å². The van der Waals surface area contributed by atoms with E-state index in [0.717, 1.165) is 11.3 Å². The van der Waals surface area contributed by atoms with Crippen molar-refractivity contribution in [1.82, 2.24) is 4.90 Å². The summed E-state index contributed by atoms with van der Waals surface area (Å²) in [5.74, 6) is -1.47. The van der Waals surface area contributed by atoms with E-state index >= 15 is 9.59 Å². The fraction of sp³-hybridized carbons (Fsp3) is 0.342. The highest BCUT2D eigenvalue weighted by Gasteiger charge is 2.77. The molecule has 3 amide bonds. The lowest BCUT2D eigenvalue weighted by molar-refractivity contribution is -0.142. The minimum Gasteiger partial charge on any atom is -0.497 e. The van der Waals surface area contributed by atoms with Crippen molar-refractivity contribution in [1.29, 1.82) is 0 Å². The van der Waals surface area contributed by atoms with E-state index in [9.17, 15) is 9.90 Å². The molecule has 2 bridgehead atoms. The van der Waals surface area contributed by atoms with Crippen LogP contribution in [-0.2, 0) is 14.4 Å². The molecule has 0 aromatic heterocycles. The minimum absolute atomic E-state index is 0.0457. The van der Waals surface area contributed by atoms with Crippen molar-refractivity contribution in [3.63, 3.8) is 0 Å². The second-order valence-corrected chi connectivity index (χ2v) is 14.0. The number of amides is 3. The number of ether oxygens (including phenoxy) is 1. The Hall–Kier alpha value is -4.34. The highest BCUT2D eigenvalue weighted by Crippen LogP contribution is 2.69. The van der Waals surface area contributed by atoms with Gasteiger partial charge in [-0.3, -0.25) is 14.4 Å². The number of para-hydroxylation sites is 1. The Morgan fingerprint density at radius 2 is 1.53 bits per heavy atom. The Labute approximate surface area is 280 Å². The normalized spacial score (nSPS) is 26.4. The lowest BCUT2D eigenvalue weighted by Gasteiger charge is -2.42. The molecule has 0 aliphatic carbocycles. The van der Waals surface area contributed by atoms with Crippen LogP contribution in [0.2, 0.25) is 0 Å². The molecule has 3 unspecified atom stereocenters. The fourth-order valence-electron chi connectivity index (χ4n) is 7.99. The van der Waals surface area contributed by atoms with Crippen LogP contribution in [0, 0.1) is 17.8 Å². The molecule has 0 saturated carbocycles. The van der Waals surface area contributed by atoms with E-state index in [0.29, 0.717) is 24.4 Å². The van der Waals surface area contributed by atoms with Crippen LogP contribution >= 0.6 is 11.8 Å². The second-order valence-electron chi connectivity index (χ2n) is 12.4. The van der Waals surface area contributed by atoms with E-state index in [2.05, 4.69) is 20.1 Å². The number of nitrogens with zero attached hydrogens (tertiary/aromatic N) is 3. The van der Waals surface area contributed by atoms with Crippen LogP contribution in [0.15, 0.2) is 110 Å². The monoisotopic (exact) mass is 651 g/mol. The van der Waals surface area contributed by atoms with Gasteiger partial charge in [-0.1, -0.05) is 67.6 Å². The van der Waals surface area contributed by atoms with Crippen molar-refractivity contribution >= 4 is 40.9 Å². The van der Waals surface area contributed by atoms with Gasteiger partial charge in [0.25, 0.3) is 5.91 Å². The number of aliphatic hydroxyl groups is 1. The number of aliphatic hydroxyl groups excluding tert-OH is 1. The summed E-state index contributed by atoms with van der Waals surface area (Å²) < 4.78 is 4.47. The van der Waals surface area contributed by atoms with Gasteiger partial charge in [0.2, 0.25) is 11.8 Å². The highest BCUT2D eigenvalue weighted by atomic mass is 32.2. The molecule has 3 aromatic carbocycles. The third-order valence-electron chi connectivity index (χ3n) is 10.0. The maximum atomic E-state index is 15.2. The van der Waals surface area contributed by atoms with Gasteiger partial charge in [-0.25, -0.2) is 0 Å². The van der Waals surface area contributed by atoms with Gasteiger partial charge in [0.1, 0.15) is 11.8 Å². The van der Waals surface area contributed by atoms with Crippen LogP contribution in [0.1, 0.15) is 24.9 Å². The SMILES string of the molecule is C=CCN(C(=O)C1N([C@H](CO)c2ccccc2)C(=O)[C@@H]2[C@@H](C(=O)N(CC=C)c3ccccc3)[C@H]3CC(C)C12S3)c1ccc(OC)cc1. The zero-order valence-corrected chi connectivity index (χ0v) is 27.6. The summed E-state index contributed by atoms with van der Waals surface area (Å²) in [7, 11) is 1.59. The second kappa shape index (κ2) is 13.4. The van der Waals surface area contributed by atoms with E-state index in [-0.39, 0.29) is 42.0 Å². The quantitative estimate of drug-likeness (QED) is 0.260. The van der Waals surface area contributed by atoms with Gasteiger partial charge < -0.3 is 24.5 Å². The van der Waals surface area contributed by atoms with Crippen molar-refractivity contribution < 1.29 is 24.2 Å². The Morgan fingerprint density at radius 3 is 2.11 bits per heavy atom. The first-order chi connectivity index (χ1) is 22.8. The summed E-state index contributed by atoms with van der Waals surface area (Å²) in [6.07, 6.45) is 4.05. The Morgan fingerprint density at radius 1 is 0.957 bits per heavy atom. The average Bonchev–Trinajstić information content (AvgIpc) is 3.70. The maximum Gasteiger partial charge on any atom is 0.251 e. The van der Waals surface area contributed by atoms with E-state index < -0.39 is 28.7 Å².